The molecule has 1 amide bonds. The Morgan fingerprint density at radius 3 is 2.41 bits per heavy atom. The maximum Gasteiger partial charge on any atom is 0.332 e. The number of ether oxygens (including phenoxy) is 1. The molecule has 0 saturated carbocycles. The highest BCUT2D eigenvalue weighted by Crippen LogP contribution is 2.28. The van der Waals surface area contributed by atoms with E-state index in [2.05, 4.69) is 0 Å². The number of hydrogen-bond donors (Lipinski definition) is 0. The second-order valence-electron chi connectivity index (χ2n) is 9.95. The topological polar surface area (TPSA) is 91.4 Å². The Hall–Kier alpha value is -4.21. The summed E-state index contributed by atoms with van der Waals surface area (Å²) in [6, 6.07) is 13.4. The Labute approximate surface area is 225 Å². The van der Waals surface area contributed by atoms with Gasteiger partial charge < -0.3 is 14.2 Å². The lowest BCUT2D eigenvalue weighted by Gasteiger charge is -2.17. The molecule has 10 heteroatoms. The van der Waals surface area contributed by atoms with Crippen molar-refractivity contribution in [3.05, 3.63) is 75.2 Å². The van der Waals surface area contributed by atoms with E-state index in [0.717, 1.165) is 12.0 Å². The first kappa shape index (κ1) is 26.4. The molecule has 9 nitrogen and oxygen atoms in total. The van der Waals surface area contributed by atoms with Crippen LogP contribution in [-0.2, 0) is 24.9 Å². The first-order valence-corrected chi connectivity index (χ1v) is 13.3. The van der Waals surface area contributed by atoms with Gasteiger partial charge in [-0.1, -0.05) is 19.9 Å². The molecule has 204 valence electrons. The number of carbonyl (C=O) groups is 1. The predicted molar refractivity (Wildman–Crippen MR) is 148 cm³/mol. The first-order valence-electron chi connectivity index (χ1n) is 13.3. The molecule has 4 aromatic rings. The van der Waals surface area contributed by atoms with Crippen LogP contribution < -0.4 is 20.9 Å². The van der Waals surface area contributed by atoms with Crippen LogP contribution in [0.4, 0.5) is 10.1 Å². The van der Waals surface area contributed by atoms with Crippen molar-refractivity contribution in [1.82, 2.24) is 18.7 Å². The molecule has 1 aliphatic heterocycles. The minimum Gasteiger partial charge on any atom is -0.493 e. The number of anilines is 1. The van der Waals surface area contributed by atoms with Crippen LogP contribution in [0.1, 0.15) is 33.1 Å². The quantitative estimate of drug-likeness (QED) is 0.325. The largest absolute Gasteiger partial charge is 0.493 e. The van der Waals surface area contributed by atoms with Gasteiger partial charge in [0.15, 0.2) is 11.2 Å². The molecule has 0 radical (unpaired) electrons. The van der Waals surface area contributed by atoms with Crippen LogP contribution >= 0.6 is 0 Å². The van der Waals surface area contributed by atoms with Crippen molar-refractivity contribution in [2.24, 2.45) is 13.0 Å². The summed E-state index contributed by atoms with van der Waals surface area (Å²) in [5, 5.41) is 0. The van der Waals surface area contributed by atoms with Gasteiger partial charge in [-0.2, -0.15) is 0 Å². The predicted octanol–water partition coefficient (Wildman–Crippen LogP) is 3.95. The van der Waals surface area contributed by atoms with Crippen molar-refractivity contribution in [3.8, 4) is 17.1 Å². The molecule has 1 fully saturated rings. The van der Waals surface area contributed by atoms with Crippen LogP contribution in [0.3, 0.4) is 0 Å². The van der Waals surface area contributed by atoms with Crippen molar-refractivity contribution in [2.45, 2.75) is 46.2 Å². The number of benzene rings is 2. The first-order chi connectivity index (χ1) is 18.8. The average Bonchev–Trinajstić information content (AvgIpc) is 3.47. The van der Waals surface area contributed by atoms with Crippen LogP contribution in [0, 0.1) is 11.7 Å². The Balaban J connectivity index is 1.35. The van der Waals surface area contributed by atoms with E-state index in [9.17, 15) is 18.8 Å². The molecule has 0 spiro atoms. The highest BCUT2D eigenvalue weighted by molar-refractivity contribution is 5.95. The minimum atomic E-state index is -0.374. The van der Waals surface area contributed by atoms with E-state index < -0.39 is 0 Å². The molecule has 0 bridgehead atoms. The van der Waals surface area contributed by atoms with Gasteiger partial charge in [0.2, 0.25) is 5.91 Å². The third-order valence-electron chi connectivity index (χ3n) is 7.06. The molecule has 2 aromatic heterocycles. The maximum absolute atomic E-state index is 13.6. The van der Waals surface area contributed by atoms with E-state index in [-0.39, 0.29) is 28.9 Å². The molecular weight excluding hydrogens is 501 g/mol. The third kappa shape index (κ3) is 4.98. The van der Waals surface area contributed by atoms with E-state index in [1.54, 1.807) is 33.2 Å². The molecule has 1 atom stereocenters. The number of halogens is 1. The lowest BCUT2D eigenvalue weighted by atomic mass is 10.1. The minimum absolute atomic E-state index is 0.0131. The molecule has 0 aliphatic carbocycles. The maximum atomic E-state index is 13.6. The number of hydrogen-bond acceptors (Lipinski definition) is 5. The van der Waals surface area contributed by atoms with Crippen molar-refractivity contribution < 1.29 is 13.9 Å². The average molecular weight is 534 g/mol. The van der Waals surface area contributed by atoms with Crippen molar-refractivity contribution in [2.75, 3.05) is 18.1 Å². The normalized spacial score (nSPS) is 15.4. The number of aryl methyl sites for hydroxylation is 2. The van der Waals surface area contributed by atoms with Gasteiger partial charge in [-0.05, 0) is 55.3 Å². The lowest BCUT2D eigenvalue weighted by Crippen LogP contribution is -2.40. The van der Waals surface area contributed by atoms with Crippen LogP contribution in [0.2, 0.25) is 0 Å². The standard InChI is InChI=1S/C29H32FN5O4/c1-4-13-33-27-25(28(37)34(14-5-2)29(33)38)32(3)26(31-27)20-9-11-23(12-10-20)39-18-19-15-24(36)35(17-19)22-8-6-7-21(30)16-22/h6-12,16,19H,4-5,13-15,17-18H2,1-3H3. The summed E-state index contributed by atoms with van der Waals surface area (Å²) >= 11 is 0. The Bertz CT molecular complexity index is 1640. The summed E-state index contributed by atoms with van der Waals surface area (Å²) in [6.07, 6.45) is 1.75. The lowest BCUT2D eigenvalue weighted by molar-refractivity contribution is -0.117. The smallest absolute Gasteiger partial charge is 0.332 e. The molecular formula is C29H32FN5O4. The molecule has 1 aliphatic rings. The van der Waals surface area contributed by atoms with Crippen LogP contribution in [0.5, 0.6) is 5.75 Å². The molecule has 39 heavy (non-hydrogen) atoms. The summed E-state index contributed by atoms with van der Waals surface area (Å²) in [7, 11) is 1.79. The van der Waals surface area contributed by atoms with Gasteiger partial charge in [-0.3, -0.25) is 18.7 Å². The summed E-state index contributed by atoms with van der Waals surface area (Å²) in [6.45, 7) is 5.57. The fourth-order valence-corrected chi connectivity index (χ4v) is 5.17. The number of amides is 1. The second kappa shape index (κ2) is 10.9. The Morgan fingerprint density at radius 1 is 1.00 bits per heavy atom. The van der Waals surface area contributed by atoms with Gasteiger partial charge in [-0.25, -0.2) is 14.2 Å². The number of fused-ring (bicyclic) bond motifs is 1. The van der Waals surface area contributed by atoms with E-state index in [4.69, 9.17) is 9.72 Å². The van der Waals surface area contributed by atoms with E-state index >= 15 is 0 Å². The number of aromatic nitrogens is 4. The Morgan fingerprint density at radius 2 is 1.72 bits per heavy atom. The van der Waals surface area contributed by atoms with Crippen LogP contribution in [-0.4, -0.2) is 37.7 Å². The van der Waals surface area contributed by atoms with E-state index in [0.29, 0.717) is 67.5 Å². The summed E-state index contributed by atoms with van der Waals surface area (Å²) in [4.78, 5) is 45.0. The Kier molecular flexibility index (Phi) is 7.36. The molecule has 3 heterocycles. The number of carbonyl (C=O) groups excluding carboxylic acids is 1. The molecule has 5 rings (SSSR count). The molecule has 2 aromatic carbocycles. The third-order valence-corrected chi connectivity index (χ3v) is 7.06. The number of imidazole rings is 1. The zero-order valence-electron chi connectivity index (χ0n) is 22.4. The van der Waals surface area contributed by atoms with E-state index in [1.807, 2.05) is 38.1 Å². The van der Waals surface area contributed by atoms with Crippen LogP contribution in [0.15, 0.2) is 58.1 Å². The molecule has 1 saturated heterocycles. The number of nitrogens with zero attached hydrogens (tertiary/aromatic N) is 5. The molecule has 1 unspecified atom stereocenters. The fraction of sp³-hybridized carbons (Fsp3) is 0.379. The van der Waals surface area contributed by atoms with Gasteiger partial charge >= 0.3 is 5.69 Å². The van der Waals surface area contributed by atoms with Crippen molar-refractivity contribution in [3.63, 3.8) is 0 Å². The summed E-state index contributed by atoms with van der Waals surface area (Å²) in [5.74, 6) is 0.787. The van der Waals surface area contributed by atoms with Gasteiger partial charge in [0.05, 0.1) is 6.61 Å². The number of rotatable bonds is 9. The monoisotopic (exact) mass is 533 g/mol. The van der Waals surface area contributed by atoms with Gasteiger partial charge in [0, 0.05) is 50.3 Å². The highest BCUT2D eigenvalue weighted by atomic mass is 19.1. The zero-order valence-corrected chi connectivity index (χ0v) is 22.4. The van der Waals surface area contributed by atoms with E-state index in [1.165, 1.54) is 16.7 Å². The molecule has 0 N–H and O–H groups in total. The summed E-state index contributed by atoms with van der Waals surface area (Å²) in [5.41, 5.74) is 1.48. The zero-order chi connectivity index (χ0) is 27.7. The van der Waals surface area contributed by atoms with Crippen molar-refractivity contribution >= 4 is 22.8 Å². The second-order valence-corrected chi connectivity index (χ2v) is 9.95. The SMILES string of the molecule is CCCn1c(=O)c2c(nc(-c3ccc(OCC4CC(=O)N(c5cccc(F)c5)C4)cc3)n2C)n(CCC)c1=O. The highest BCUT2D eigenvalue weighted by Gasteiger charge is 2.31. The van der Waals surface area contributed by atoms with Crippen molar-refractivity contribution in [1.29, 1.82) is 0 Å². The van der Waals surface area contributed by atoms with Gasteiger partial charge in [0.1, 0.15) is 17.4 Å². The fourth-order valence-electron chi connectivity index (χ4n) is 5.17. The van der Waals surface area contributed by atoms with Gasteiger partial charge in [0.25, 0.3) is 5.56 Å². The van der Waals surface area contributed by atoms with Gasteiger partial charge in [-0.15, -0.1) is 0 Å². The summed E-state index contributed by atoms with van der Waals surface area (Å²) < 4.78 is 24.2. The van der Waals surface area contributed by atoms with Crippen LogP contribution in [0.25, 0.3) is 22.6 Å².